The summed E-state index contributed by atoms with van der Waals surface area (Å²) < 4.78 is 16.4. The second-order valence-electron chi connectivity index (χ2n) is 10.8. The first-order valence-electron chi connectivity index (χ1n) is 14.6. The van der Waals surface area contributed by atoms with Gasteiger partial charge < -0.3 is 13.7 Å². The van der Waals surface area contributed by atoms with Gasteiger partial charge in [0.1, 0.15) is 17.9 Å². The maximum Gasteiger partial charge on any atom is 0.282 e. The third-order valence-corrected chi connectivity index (χ3v) is 8.36. The lowest BCUT2D eigenvalue weighted by Gasteiger charge is -2.12. The fourth-order valence-electron chi connectivity index (χ4n) is 5.56. The third-order valence-electron chi connectivity index (χ3n) is 7.86. The van der Waals surface area contributed by atoms with Gasteiger partial charge in [-0.15, -0.1) is 0 Å². The van der Waals surface area contributed by atoms with Crippen LogP contribution in [0.5, 0.6) is 5.75 Å². The van der Waals surface area contributed by atoms with Gasteiger partial charge in [-0.2, -0.15) is 15.0 Å². The van der Waals surface area contributed by atoms with E-state index in [1.54, 1.807) is 18.3 Å². The largest absolute Gasteiger partial charge is 0.489 e. The van der Waals surface area contributed by atoms with Crippen molar-refractivity contribution in [3.8, 4) is 29.1 Å². The van der Waals surface area contributed by atoms with Crippen LogP contribution in [0, 0.1) is 25.2 Å². The van der Waals surface area contributed by atoms with E-state index >= 15 is 0 Å². The number of hydrogen-bond acceptors (Lipinski definition) is 6. The number of rotatable bonds is 7. The van der Waals surface area contributed by atoms with Crippen LogP contribution in [0.15, 0.2) is 122 Å². The highest BCUT2D eigenvalue weighted by molar-refractivity contribution is 9.10. The fourth-order valence-corrected chi connectivity index (χ4v) is 5.94. The maximum absolute atomic E-state index is 13.7. The van der Waals surface area contributed by atoms with Gasteiger partial charge in [-0.1, -0.05) is 46.3 Å². The van der Waals surface area contributed by atoms with E-state index in [1.807, 2.05) is 105 Å². The minimum absolute atomic E-state index is 0.291. The van der Waals surface area contributed by atoms with Gasteiger partial charge in [0.15, 0.2) is 5.76 Å². The normalized spacial score (nSPS) is 11.4. The van der Waals surface area contributed by atoms with Crippen LogP contribution in [-0.4, -0.2) is 20.4 Å². The molecule has 0 aliphatic carbocycles. The van der Waals surface area contributed by atoms with Crippen molar-refractivity contribution in [2.75, 3.05) is 0 Å². The molecule has 0 bridgehead atoms. The lowest BCUT2D eigenvalue weighted by Crippen LogP contribution is -2.20. The smallest absolute Gasteiger partial charge is 0.282 e. The van der Waals surface area contributed by atoms with E-state index in [2.05, 4.69) is 31.7 Å². The Hall–Kier alpha value is -5.72. The van der Waals surface area contributed by atoms with E-state index in [-0.39, 0.29) is 5.56 Å². The first-order chi connectivity index (χ1) is 22.4. The summed E-state index contributed by atoms with van der Waals surface area (Å²) >= 11 is 3.51. The van der Waals surface area contributed by atoms with E-state index in [0.29, 0.717) is 46.0 Å². The molecule has 0 saturated heterocycles. The number of nitrogens with zero attached hydrogens (tertiary/aromatic N) is 5. The molecule has 7 aromatic rings. The summed E-state index contributed by atoms with van der Waals surface area (Å²) in [6, 6.07) is 34.3. The lowest BCUT2D eigenvalue weighted by molar-refractivity contribution is 0.306. The molecule has 224 valence electrons. The summed E-state index contributed by atoms with van der Waals surface area (Å²) in [5.41, 5.74) is 6.17. The Bertz CT molecular complexity index is 2390. The van der Waals surface area contributed by atoms with Crippen molar-refractivity contribution < 1.29 is 9.15 Å². The van der Waals surface area contributed by atoms with Crippen LogP contribution in [0.1, 0.15) is 28.1 Å². The molecular weight excluding hydrogens is 642 g/mol. The number of fused-ring (bicyclic) bond motifs is 2. The monoisotopic (exact) mass is 667 g/mol. The van der Waals surface area contributed by atoms with Gasteiger partial charge in [-0.05, 0) is 86.6 Å². The molecule has 4 aromatic carbocycles. The van der Waals surface area contributed by atoms with E-state index in [1.165, 1.54) is 4.68 Å². The first-order valence-corrected chi connectivity index (χ1v) is 15.3. The summed E-state index contributed by atoms with van der Waals surface area (Å²) in [5.74, 6) is 1.46. The average molecular weight is 669 g/mol. The van der Waals surface area contributed by atoms with Crippen LogP contribution in [-0.2, 0) is 6.61 Å². The van der Waals surface area contributed by atoms with Crippen molar-refractivity contribution in [2.45, 2.75) is 20.5 Å². The molecular formula is C37H26BrN5O3. The molecule has 0 radical (unpaired) electrons. The second kappa shape index (κ2) is 12.0. The van der Waals surface area contributed by atoms with Crippen LogP contribution in [0.25, 0.3) is 39.1 Å². The molecule has 46 heavy (non-hydrogen) atoms. The predicted molar refractivity (Wildman–Crippen MR) is 183 cm³/mol. The van der Waals surface area contributed by atoms with Crippen molar-refractivity contribution in [2.24, 2.45) is 5.10 Å². The van der Waals surface area contributed by atoms with Crippen molar-refractivity contribution in [3.05, 3.63) is 146 Å². The Morgan fingerprint density at radius 2 is 1.76 bits per heavy atom. The van der Waals surface area contributed by atoms with Gasteiger partial charge in [0, 0.05) is 38.1 Å². The van der Waals surface area contributed by atoms with E-state index < -0.39 is 0 Å². The van der Waals surface area contributed by atoms with Crippen LogP contribution < -0.4 is 10.3 Å². The standard InChI is InChI=1S/C37H26BrN5O3/c1-23-17-28(24(2)42(23)30-12-14-31(15-13-30)45-22-26-8-4-3-7-25(26)20-39)21-40-43-36(41-33-10-6-5-9-32(33)37(43)44)35-19-27-18-29(38)11-16-34(27)46-35/h3-19,21H,22H2,1-2H3. The fraction of sp³-hybridized carbons (Fsp3) is 0.0811. The van der Waals surface area contributed by atoms with Crippen LogP contribution in [0.2, 0.25) is 0 Å². The van der Waals surface area contributed by atoms with Gasteiger partial charge >= 0.3 is 0 Å². The minimum Gasteiger partial charge on any atom is -0.489 e. The molecule has 0 N–H and O–H groups in total. The number of ether oxygens (including phenoxy) is 1. The number of hydrogen-bond donors (Lipinski definition) is 0. The van der Waals surface area contributed by atoms with Crippen molar-refractivity contribution >= 4 is 44.0 Å². The summed E-state index contributed by atoms with van der Waals surface area (Å²) in [6.45, 7) is 4.34. The van der Waals surface area contributed by atoms with Crippen LogP contribution >= 0.6 is 15.9 Å². The Labute approximate surface area is 272 Å². The lowest BCUT2D eigenvalue weighted by atomic mass is 10.1. The Balaban J connectivity index is 1.21. The topological polar surface area (TPSA) is 98.3 Å². The van der Waals surface area contributed by atoms with E-state index in [0.717, 1.165) is 38.1 Å². The number of nitriles is 1. The summed E-state index contributed by atoms with van der Waals surface area (Å²) in [6.07, 6.45) is 1.68. The Morgan fingerprint density at radius 3 is 2.59 bits per heavy atom. The van der Waals surface area contributed by atoms with Crippen molar-refractivity contribution in [1.29, 1.82) is 5.26 Å². The Morgan fingerprint density at radius 1 is 0.978 bits per heavy atom. The third kappa shape index (κ3) is 5.40. The predicted octanol–water partition coefficient (Wildman–Crippen LogP) is 8.31. The zero-order chi connectivity index (χ0) is 31.8. The molecule has 3 heterocycles. The minimum atomic E-state index is -0.291. The quantitative estimate of drug-likeness (QED) is 0.159. The van der Waals surface area contributed by atoms with Gasteiger partial charge in [-0.25, -0.2) is 4.98 Å². The van der Waals surface area contributed by atoms with Crippen LogP contribution in [0.4, 0.5) is 0 Å². The van der Waals surface area contributed by atoms with Gasteiger partial charge in [0.05, 0.1) is 28.8 Å². The SMILES string of the molecule is Cc1cc(C=Nn2c(-c3cc4cc(Br)ccc4o3)nc3ccccc3c2=O)c(C)n1-c1ccc(OCc2ccccc2C#N)cc1. The number of aryl methyl sites for hydroxylation is 1. The molecule has 0 amide bonds. The second-order valence-corrected chi connectivity index (χ2v) is 11.7. The number of furan rings is 1. The summed E-state index contributed by atoms with van der Waals surface area (Å²) in [5, 5.41) is 15.4. The zero-order valence-electron chi connectivity index (χ0n) is 24.9. The van der Waals surface area contributed by atoms with E-state index in [9.17, 15) is 10.1 Å². The number of halogens is 1. The van der Waals surface area contributed by atoms with Crippen LogP contribution in [0.3, 0.4) is 0 Å². The molecule has 0 atom stereocenters. The molecule has 8 nitrogen and oxygen atoms in total. The van der Waals surface area contributed by atoms with Gasteiger partial charge in [-0.3, -0.25) is 4.79 Å². The first kappa shape index (κ1) is 29.0. The maximum atomic E-state index is 13.7. The summed E-state index contributed by atoms with van der Waals surface area (Å²) in [7, 11) is 0. The van der Waals surface area contributed by atoms with Gasteiger partial charge in [0.25, 0.3) is 5.56 Å². The highest BCUT2D eigenvalue weighted by Crippen LogP contribution is 2.29. The molecule has 0 saturated carbocycles. The molecule has 0 unspecified atom stereocenters. The van der Waals surface area contributed by atoms with E-state index in [4.69, 9.17) is 14.1 Å². The molecule has 3 aromatic heterocycles. The molecule has 0 fully saturated rings. The molecule has 0 aliphatic heterocycles. The van der Waals surface area contributed by atoms with Crippen molar-refractivity contribution in [1.82, 2.24) is 14.2 Å². The highest BCUT2D eigenvalue weighted by Gasteiger charge is 2.17. The molecule has 7 rings (SSSR count). The Kier molecular flexibility index (Phi) is 7.56. The van der Waals surface area contributed by atoms with Gasteiger partial charge in [0.2, 0.25) is 5.82 Å². The highest BCUT2D eigenvalue weighted by atomic mass is 79.9. The molecule has 0 aliphatic rings. The molecule has 0 spiro atoms. The zero-order valence-corrected chi connectivity index (χ0v) is 26.5. The number of benzene rings is 4. The number of aromatic nitrogens is 3. The average Bonchev–Trinajstić information content (AvgIpc) is 3.62. The summed E-state index contributed by atoms with van der Waals surface area (Å²) in [4.78, 5) is 18.5. The molecule has 9 heteroatoms. The van der Waals surface area contributed by atoms with Crippen molar-refractivity contribution in [3.63, 3.8) is 0 Å². The number of para-hydroxylation sites is 1.